The van der Waals surface area contributed by atoms with Crippen molar-refractivity contribution in [2.24, 2.45) is 7.05 Å². The number of rotatable bonds is 4. The first-order valence-electron chi connectivity index (χ1n) is 6.37. The summed E-state index contributed by atoms with van der Waals surface area (Å²) in [4.78, 5) is 0.272. The predicted octanol–water partition coefficient (Wildman–Crippen LogP) is 1.82. The van der Waals surface area contributed by atoms with E-state index in [0.717, 1.165) is 11.1 Å². The minimum absolute atomic E-state index is 0.272. The molecule has 0 bridgehead atoms. The Labute approximate surface area is 119 Å². The van der Waals surface area contributed by atoms with Gasteiger partial charge in [0.2, 0.25) is 10.0 Å². The molecule has 0 aliphatic carbocycles. The van der Waals surface area contributed by atoms with E-state index in [1.54, 1.807) is 25.6 Å². The normalized spacial score (nSPS) is 11.8. The van der Waals surface area contributed by atoms with Gasteiger partial charge in [0, 0.05) is 13.6 Å². The first-order chi connectivity index (χ1) is 9.33. The Morgan fingerprint density at radius 3 is 2.40 bits per heavy atom. The lowest BCUT2D eigenvalue weighted by molar-refractivity contribution is 0.579. The molecule has 0 atom stereocenters. The topological polar surface area (TPSA) is 64.0 Å². The van der Waals surface area contributed by atoms with Gasteiger partial charge in [0.25, 0.3) is 0 Å². The fourth-order valence-electron chi connectivity index (χ4n) is 2.20. The van der Waals surface area contributed by atoms with Gasteiger partial charge in [0.1, 0.15) is 4.90 Å². The van der Waals surface area contributed by atoms with E-state index in [2.05, 4.69) is 9.82 Å². The molecule has 0 aliphatic heterocycles. The molecular formula is C14H19N3O2S. The van der Waals surface area contributed by atoms with E-state index < -0.39 is 10.0 Å². The second kappa shape index (κ2) is 5.38. The highest BCUT2D eigenvalue weighted by atomic mass is 32.2. The number of sulfonamides is 1. The number of aromatic nitrogens is 2. The van der Waals surface area contributed by atoms with Crippen molar-refractivity contribution in [3.63, 3.8) is 0 Å². The van der Waals surface area contributed by atoms with Crippen LogP contribution in [-0.4, -0.2) is 18.2 Å². The van der Waals surface area contributed by atoms with Crippen molar-refractivity contribution in [3.8, 4) is 0 Å². The number of benzene rings is 1. The Balaban J connectivity index is 2.27. The van der Waals surface area contributed by atoms with Crippen molar-refractivity contribution in [2.45, 2.75) is 32.2 Å². The maximum atomic E-state index is 12.4. The molecule has 0 saturated carbocycles. The average Bonchev–Trinajstić information content (AvgIpc) is 2.62. The molecule has 5 nitrogen and oxygen atoms in total. The molecule has 0 spiro atoms. The van der Waals surface area contributed by atoms with Crippen molar-refractivity contribution < 1.29 is 8.42 Å². The van der Waals surface area contributed by atoms with E-state index in [1.165, 1.54) is 0 Å². The van der Waals surface area contributed by atoms with Crippen LogP contribution in [0.25, 0.3) is 0 Å². The quantitative estimate of drug-likeness (QED) is 0.935. The third-order valence-electron chi connectivity index (χ3n) is 3.43. The van der Waals surface area contributed by atoms with Crippen LogP contribution in [0.3, 0.4) is 0 Å². The standard InChI is InChI=1S/C14H19N3O2S/c1-10-7-5-6-8-13(10)9-15-20(18,19)14-11(2)16-17(4)12(14)3/h5-8,15H,9H2,1-4H3. The van der Waals surface area contributed by atoms with Crippen LogP contribution in [0, 0.1) is 20.8 Å². The summed E-state index contributed by atoms with van der Waals surface area (Å²) in [6.07, 6.45) is 0. The van der Waals surface area contributed by atoms with E-state index in [1.807, 2.05) is 31.2 Å². The van der Waals surface area contributed by atoms with Gasteiger partial charge in [-0.2, -0.15) is 5.10 Å². The molecule has 0 amide bonds. The summed E-state index contributed by atoms with van der Waals surface area (Å²) in [7, 11) is -1.81. The molecule has 1 N–H and O–H groups in total. The smallest absolute Gasteiger partial charge is 0.244 e. The SMILES string of the molecule is Cc1ccccc1CNS(=O)(=O)c1c(C)nn(C)c1C. The highest BCUT2D eigenvalue weighted by molar-refractivity contribution is 7.89. The Kier molecular flexibility index (Phi) is 3.96. The van der Waals surface area contributed by atoms with Crippen LogP contribution < -0.4 is 4.72 Å². The molecule has 2 rings (SSSR count). The van der Waals surface area contributed by atoms with Gasteiger partial charge >= 0.3 is 0 Å². The maximum Gasteiger partial charge on any atom is 0.244 e. The molecule has 1 aromatic carbocycles. The Hall–Kier alpha value is -1.66. The largest absolute Gasteiger partial charge is 0.271 e. The van der Waals surface area contributed by atoms with E-state index >= 15 is 0 Å². The molecule has 108 valence electrons. The van der Waals surface area contributed by atoms with Crippen LogP contribution in [0.15, 0.2) is 29.2 Å². The third-order valence-corrected chi connectivity index (χ3v) is 5.08. The van der Waals surface area contributed by atoms with E-state index in [4.69, 9.17) is 0 Å². The molecule has 2 aromatic rings. The fourth-order valence-corrected chi connectivity index (χ4v) is 3.64. The summed E-state index contributed by atoms with van der Waals surface area (Å²) in [5.74, 6) is 0. The maximum absolute atomic E-state index is 12.4. The van der Waals surface area contributed by atoms with E-state index in [-0.39, 0.29) is 11.4 Å². The van der Waals surface area contributed by atoms with Crippen molar-refractivity contribution >= 4 is 10.0 Å². The van der Waals surface area contributed by atoms with Crippen LogP contribution in [-0.2, 0) is 23.6 Å². The van der Waals surface area contributed by atoms with E-state index in [0.29, 0.717) is 11.4 Å². The Morgan fingerprint density at radius 2 is 1.85 bits per heavy atom. The number of hydrogen-bond donors (Lipinski definition) is 1. The van der Waals surface area contributed by atoms with Crippen LogP contribution in [0.1, 0.15) is 22.5 Å². The van der Waals surface area contributed by atoms with Gasteiger partial charge < -0.3 is 0 Å². The second-order valence-electron chi connectivity index (χ2n) is 4.87. The van der Waals surface area contributed by atoms with Gasteiger partial charge in [-0.25, -0.2) is 13.1 Å². The number of nitrogens with zero attached hydrogens (tertiary/aromatic N) is 2. The molecule has 0 fully saturated rings. The lowest BCUT2D eigenvalue weighted by atomic mass is 10.1. The summed E-state index contributed by atoms with van der Waals surface area (Å²) < 4.78 is 29.0. The first-order valence-corrected chi connectivity index (χ1v) is 7.85. The number of nitrogens with one attached hydrogen (secondary N) is 1. The van der Waals surface area contributed by atoms with Crippen LogP contribution in [0.2, 0.25) is 0 Å². The summed E-state index contributed by atoms with van der Waals surface area (Å²) in [5, 5.41) is 4.15. The fraction of sp³-hybridized carbons (Fsp3) is 0.357. The molecule has 0 radical (unpaired) electrons. The Bertz CT molecular complexity index is 733. The molecule has 0 aliphatic rings. The highest BCUT2D eigenvalue weighted by Gasteiger charge is 2.23. The Morgan fingerprint density at radius 1 is 1.20 bits per heavy atom. The molecule has 20 heavy (non-hydrogen) atoms. The van der Waals surface area contributed by atoms with Gasteiger partial charge in [-0.05, 0) is 31.9 Å². The van der Waals surface area contributed by atoms with Crippen LogP contribution in [0.5, 0.6) is 0 Å². The third kappa shape index (κ3) is 2.76. The molecule has 6 heteroatoms. The lowest BCUT2D eigenvalue weighted by Gasteiger charge is -2.09. The minimum Gasteiger partial charge on any atom is -0.271 e. The zero-order valence-corrected chi connectivity index (χ0v) is 13.0. The summed E-state index contributed by atoms with van der Waals surface area (Å²) >= 11 is 0. The van der Waals surface area contributed by atoms with Crippen molar-refractivity contribution in [2.75, 3.05) is 0 Å². The summed E-state index contributed by atoms with van der Waals surface area (Å²) in [5.41, 5.74) is 3.19. The monoisotopic (exact) mass is 293 g/mol. The number of hydrogen-bond acceptors (Lipinski definition) is 3. The van der Waals surface area contributed by atoms with Crippen molar-refractivity contribution in [3.05, 3.63) is 46.8 Å². The summed E-state index contributed by atoms with van der Waals surface area (Å²) in [6, 6.07) is 7.71. The summed E-state index contributed by atoms with van der Waals surface area (Å²) in [6.45, 7) is 5.70. The molecule has 0 saturated heterocycles. The second-order valence-corrected chi connectivity index (χ2v) is 6.58. The van der Waals surface area contributed by atoms with Gasteiger partial charge in [0.15, 0.2) is 0 Å². The molecular weight excluding hydrogens is 274 g/mol. The van der Waals surface area contributed by atoms with Crippen LogP contribution in [0.4, 0.5) is 0 Å². The van der Waals surface area contributed by atoms with Crippen molar-refractivity contribution in [1.82, 2.24) is 14.5 Å². The highest BCUT2D eigenvalue weighted by Crippen LogP contribution is 2.19. The average molecular weight is 293 g/mol. The lowest BCUT2D eigenvalue weighted by Crippen LogP contribution is -2.24. The zero-order valence-electron chi connectivity index (χ0n) is 12.1. The molecule has 1 heterocycles. The van der Waals surface area contributed by atoms with E-state index in [9.17, 15) is 8.42 Å². The zero-order chi connectivity index (χ0) is 14.9. The van der Waals surface area contributed by atoms with Gasteiger partial charge in [-0.15, -0.1) is 0 Å². The van der Waals surface area contributed by atoms with Gasteiger partial charge in [-0.3, -0.25) is 4.68 Å². The minimum atomic E-state index is -3.55. The molecule has 0 unspecified atom stereocenters. The predicted molar refractivity (Wildman–Crippen MR) is 77.9 cm³/mol. The van der Waals surface area contributed by atoms with Gasteiger partial charge in [0.05, 0.1) is 11.4 Å². The number of aryl methyl sites for hydroxylation is 3. The first kappa shape index (κ1) is 14.7. The molecule has 1 aromatic heterocycles. The van der Waals surface area contributed by atoms with Crippen molar-refractivity contribution in [1.29, 1.82) is 0 Å². The van der Waals surface area contributed by atoms with Crippen LogP contribution >= 0.6 is 0 Å². The van der Waals surface area contributed by atoms with Gasteiger partial charge in [-0.1, -0.05) is 24.3 Å².